The van der Waals surface area contributed by atoms with Crippen LogP contribution in [0, 0.1) is 0 Å². The fraction of sp³-hybridized carbons (Fsp3) is 0.381. The SMILES string of the molecule is CCOC(=O)c1ccc(N2CCN(C(=O)C3Cc4cc(Cl)ccc4O3)CC2)nc1. The van der Waals surface area contributed by atoms with Crippen LogP contribution in [-0.4, -0.2) is 60.7 Å². The summed E-state index contributed by atoms with van der Waals surface area (Å²) in [6, 6.07) is 8.96. The average Bonchev–Trinajstić information content (AvgIpc) is 3.17. The number of ether oxygens (including phenoxy) is 2. The molecule has 2 aromatic rings. The van der Waals surface area contributed by atoms with Crippen LogP contribution in [0.2, 0.25) is 5.02 Å². The van der Waals surface area contributed by atoms with Gasteiger partial charge in [0.2, 0.25) is 0 Å². The third kappa shape index (κ3) is 4.15. The van der Waals surface area contributed by atoms with Crippen LogP contribution in [0.25, 0.3) is 0 Å². The summed E-state index contributed by atoms with van der Waals surface area (Å²) in [6.45, 7) is 4.63. The lowest BCUT2D eigenvalue weighted by molar-refractivity contribution is -0.138. The third-order valence-corrected chi connectivity index (χ3v) is 5.38. The molecule has 8 heteroatoms. The number of benzene rings is 1. The van der Waals surface area contributed by atoms with Gasteiger partial charge < -0.3 is 19.3 Å². The maximum absolute atomic E-state index is 12.9. The fourth-order valence-electron chi connectivity index (χ4n) is 3.62. The van der Waals surface area contributed by atoms with Gasteiger partial charge in [-0.3, -0.25) is 4.79 Å². The molecular formula is C21H22ClN3O4. The van der Waals surface area contributed by atoms with Crippen molar-refractivity contribution in [2.45, 2.75) is 19.4 Å². The van der Waals surface area contributed by atoms with E-state index in [-0.39, 0.29) is 11.9 Å². The molecule has 3 heterocycles. The number of halogens is 1. The van der Waals surface area contributed by atoms with Crippen molar-refractivity contribution in [1.29, 1.82) is 0 Å². The molecular weight excluding hydrogens is 394 g/mol. The molecule has 2 aliphatic heterocycles. The number of piperazine rings is 1. The first-order chi connectivity index (χ1) is 14.0. The monoisotopic (exact) mass is 415 g/mol. The van der Waals surface area contributed by atoms with Gasteiger partial charge in [-0.15, -0.1) is 0 Å². The summed E-state index contributed by atoms with van der Waals surface area (Å²) >= 11 is 6.03. The van der Waals surface area contributed by atoms with Gasteiger partial charge in [0, 0.05) is 43.8 Å². The van der Waals surface area contributed by atoms with Crippen molar-refractivity contribution >= 4 is 29.3 Å². The van der Waals surface area contributed by atoms with Crippen molar-refractivity contribution in [2.24, 2.45) is 0 Å². The highest BCUT2D eigenvalue weighted by molar-refractivity contribution is 6.30. The summed E-state index contributed by atoms with van der Waals surface area (Å²) < 4.78 is 10.8. The van der Waals surface area contributed by atoms with Crippen LogP contribution in [0.5, 0.6) is 5.75 Å². The summed E-state index contributed by atoms with van der Waals surface area (Å²) in [7, 11) is 0. The van der Waals surface area contributed by atoms with Crippen molar-refractivity contribution in [3.05, 3.63) is 52.7 Å². The predicted octanol–water partition coefficient (Wildman–Crippen LogP) is 2.56. The van der Waals surface area contributed by atoms with Crippen molar-refractivity contribution in [1.82, 2.24) is 9.88 Å². The van der Waals surface area contributed by atoms with Gasteiger partial charge in [-0.1, -0.05) is 11.6 Å². The topological polar surface area (TPSA) is 72.0 Å². The number of nitrogens with zero attached hydrogens (tertiary/aromatic N) is 3. The molecule has 0 aliphatic carbocycles. The Morgan fingerprint density at radius 1 is 1.21 bits per heavy atom. The fourth-order valence-corrected chi connectivity index (χ4v) is 3.82. The highest BCUT2D eigenvalue weighted by Gasteiger charge is 2.34. The van der Waals surface area contributed by atoms with Crippen LogP contribution in [0.4, 0.5) is 5.82 Å². The lowest BCUT2D eigenvalue weighted by Crippen LogP contribution is -2.52. The molecule has 0 bridgehead atoms. The molecule has 1 fully saturated rings. The van der Waals surface area contributed by atoms with Gasteiger partial charge >= 0.3 is 5.97 Å². The number of esters is 1. The number of hydrogen-bond donors (Lipinski definition) is 0. The summed E-state index contributed by atoms with van der Waals surface area (Å²) in [5.74, 6) is 1.14. The van der Waals surface area contributed by atoms with Crippen LogP contribution in [-0.2, 0) is 16.0 Å². The molecule has 1 saturated heterocycles. The van der Waals surface area contributed by atoms with Gasteiger partial charge in [0.05, 0.1) is 12.2 Å². The molecule has 1 aromatic heterocycles. The highest BCUT2D eigenvalue weighted by Crippen LogP contribution is 2.32. The van der Waals surface area contributed by atoms with Crippen LogP contribution in [0.15, 0.2) is 36.5 Å². The van der Waals surface area contributed by atoms with E-state index in [0.717, 1.165) is 17.1 Å². The number of anilines is 1. The van der Waals surface area contributed by atoms with Crippen LogP contribution in [0.3, 0.4) is 0 Å². The minimum Gasteiger partial charge on any atom is -0.480 e. The first kappa shape index (κ1) is 19.5. The summed E-state index contributed by atoms with van der Waals surface area (Å²) in [4.78, 5) is 32.9. The van der Waals surface area contributed by atoms with Crippen molar-refractivity contribution in [3.8, 4) is 5.75 Å². The van der Waals surface area contributed by atoms with Gasteiger partial charge in [-0.2, -0.15) is 0 Å². The first-order valence-electron chi connectivity index (χ1n) is 9.67. The molecule has 2 aliphatic rings. The molecule has 0 radical (unpaired) electrons. The second-order valence-corrected chi connectivity index (χ2v) is 7.44. The van der Waals surface area contributed by atoms with Crippen molar-refractivity contribution in [3.63, 3.8) is 0 Å². The van der Waals surface area contributed by atoms with E-state index in [1.54, 1.807) is 19.1 Å². The Bertz CT molecular complexity index is 911. The van der Waals surface area contributed by atoms with E-state index in [2.05, 4.69) is 9.88 Å². The summed E-state index contributed by atoms with van der Waals surface area (Å²) in [6.07, 6.45) is 1.59. The van der Waals surface area contributed by atoms with Crippen LogP contribution < -0.4 is 9.64 Å². The van der Waals surface area contributed by atoms with E-state index in [1.807, 2.05) is 23.1 Å². The molecule has 7 nitrogen and oxygen atoms in total. The van der Waals surface area contributed by atoms with Crippen LogP contribution >= 0.6 is 11.6 Å². The molecule has 29 heavy (non-hydrogen) atoms. The Labute approximate surface area is 174 Å². The number of aromatic nitrogens is 1. The smallest absolute Gasteiger partial charge is 0.339 e. The van der Waals surface area contributed by atoms with Gasteiger partial charge in [0.15, 0.2) is 6.10 Å². The normalized spacial score (nSPS) is 18.2. The van der Waals surface area contributed by atoms with E-state index in [4.69, 9.17) is 21.1 Å². The van der Waals surface area contributed by atoms with E-state index < -0.39 is 6.10 Å². The number of hydrogen-bond acceptors (Lipinski definition) is 6. The number of amides is 1. The largest absolute Gasteiger partial charge is 0.480 e. The van der Waals surface area contributed by atoms with Crippen molar-refractivity contribution in [2.75, 3.05) is 37.7 Å². The highest BCUT2D eigenvalue weighted by atomic mass is 35.5. The van der Waals surface area contributed by atoms with Gasteiger partial charge in [-0.05, 0) is 42.8 Å². The maximum atomic E-state index is 12.9. The number of fused-ring (bicyclic) bond motifs is 1. The standard InChI is InChI=1S/C21H22ClN3O4/c1-2-28-21(27)14-3-6-19(23-13-14)24-7-9-25(10-8-24)20(26)18-12-15-11-16(22)4-5-17(15)29-18/h3-6,11,13,18H,2,7-10,12H2,1H3. The van der Waals surface area contributed by atoms with E-state index in [0.29, 0.717) is 49.8 Å². The average molecular weight is 416 g/mol. The zero-order chi connectivity index (χ0) is 20.4. The Morgan fingerprint density at radius 2 is 2.00 bits per heavy atom. The number of carbonyl (C=O) groups is 2. The van der Waals surface area contributed by atoms with E-state index in [9.17, 15) is 9.59 Å². The molecule has 1 aromatic carbocycles. The van der Waals surface area contributed by atoms with Crippen molar-refractivity contribution < 1.29 is 19.1 Å². The van der Waals surface area contributed by atoms with E-state index >= 15 is 0 Å². The Hall–Kier alpha value is -2.80. The Morgan fingerprint density at radius 3 is 2.69 bits per heavy atom. The minimum absolute atomic E-state index is 0.00240. The van der Waals surface area contributed by atoms with Gasteiger partial charge in [-0.25, -0.2) is 9.78 Å². The molecule has 152 valence electrons. The van der Waals surface area contributed by atoms with Gasteiger partial charge in [0.1, 0.15) is 11.6 Å². The molecule has 0 N–H and O–H groups in total. The summed E-state index contributed by atoms with van der Waals surface area (Å²) in [5.41, 5.74) is 1.41. The molecule has 0 spiro atoms. The zero-order valence-electron chi connectivity index (χ0n) is 16.1. The molecule has 1 atom stereocenters. The number of carbonyl (C=O) groups excluding carboxylic acids is 2. The second kappa shape index (κ2) is 8.29. The summed E-state index contributed by atoms with van der Waals surface area (Å²) in [5, 5.41) is 0.649. The second-order valence-electron chi connectivity index (χ2n) is 7.00. The molecule has 4 rings (SSSR count). The lowest BCUT2D eigenvalue weighted by atomic mass is 10.1. The quantitative estimate of drug-likeness (QED) is 0.715. The Kier molecular flexibility index (Phi) is 5.58. The third-order valence-electron chi connectivity index (χ3n) is 5.15. The van der Waals surface area contributed by atoms with Gasteiger partial charge in [0.25, 0.3) is 5.91 Å². The molecule has 1 amide bonds. The Balaban J connectivity index is 1.33. The number of pyridine rings is 1. The van der Waals surface area contributed by atoms with E-state index in [1.165, 1.54) is 6.20 Å². The first-order valence-corrected chi connectivity index (χ1v) is 10.0. The van der Waals surface area contributed by atoms with Crippen LogP contribution in [0.1, 0.15) is 22.8 Å². The molecule has 0 saturated carbocycles. The minimum atomic E-state index is -0.489. The predicted molar refractivity (Wildman–Crippen MR) is 109 cm³/mol. The molecule has 1 unspecified atom stereocenters. The lowest BCUT2D eigenvalue weighted by Gasteiger charge is -2.36. The zero-order valence-corrected chi connectivity index (χ0v) is 16.9. The number of rotatable bonds is 4. The maximum Gasteiger partial charge on any atom is 0.339 e.